The average molecular weight is 352 g/mol. The first-order valence-corrected chi connectivity index (χ1v) is 9.24. The monoisotopic (exact) mass is 351 g/mol. The molecular formula is C17H18ClNO3S. The van der Waals surface area contributed by atoms with Crippen LogP contribution in [0.2, 0.25) is 5.02 Å². The van der Waals surface area contributed by atoms with E-state index in [1.807, 2.05) is 24.3 Å². The van der Waals surface area contributed by atoms with E-state index in [1.165, 1.54) is 6.07 Å². The molecule has 3 rings (SSSR count). The summed E-state index contributed by atoms with van der Waals surface area (Å²) in [5.41, 5.74) is 1.30. The second-order valence-corrected chi connectivity index (χ2v) is 8.09. The summed E-state index contributed by atoms with van der Waals surface area (Å²) in [4.78, 5) is 0.139. The fourth-order valence-electron chi connectivity index (χ4n) is 3.01. The van der Waals surface area contributed by atoms with Crippen molar-refractivity contribution in [3.63, 3.8) is 0 Å². The zero-order valence-corrected chi connectivity index (χ0v) is 14.3. The third kappa shape index (κ3) is 3.15. The Morgan fingerprint density at radius 3 is 2.78 bits per heavy atom. The molecule has 6 heteroatoms. The number of hydrogen-bond donors (Lipinski definition) is 2. The molecule has 2 aromatic rings. The molecule has 122 valence electrons. The maximum Gasteiger partial charge on any atom is 0.240 e. The molecule has 2 aromatic carbocycles. The number of benzene rings is 2. The molecule has 0 bridgehead atoms. The van der Waals surface area contributed by atoms with Crippen LogP contribution in [0.25, 0.3) is 0 Å². The van der Waals surface area contributed by atoms with Crippen molar-refractivity contribution in [1.29, 1.82) is 0 Å². The van der Waals surface area contributed by atoms with E-state index in [-0.39, 0.29) is 11.4 Å². The van der Waals surface area contributed by atoms with E-state index in [1.54, 1.807) is 19.1 Å². The minimum absolute atomic E-state index is 0.0572. The third-order valence-electron chi connectivity index (χ3n) is 4.32. The van der Waals surface area contributed by atoms with Crippen LogP contribution in [0, 0.1) is 6.92 Å². The average Bonchev–Trinajstić information content (AvgIpc) is 2.86. The number of sulfonamides is 1. The second-order valence-electron chi connectivity index (χ2n) is 5.92. The Kier molecular flexibility index (Phi) is 4.23. The molecule has 0 aliphatic heterocycles. The molecule has 1 atom stereocenters. The molecule has 4 nitrogen and oxygen atoms in total. The summed E-state index contributed by atoms with van der Waals surface area (Å²) >= 11 is 5.90. The van der Waals surface area contributed by atoms with Gasteiger partial charge in [0.05, 0.1) is 4.90 Å². The Morgan fingerprint density at radius 1 is 1.26 bits per heavy atom. The maximum atomic E-state index is 12.5. The molecule has 1 aliphatic rings. The Labute approximate surface area is 141 Å². The number of aryl methyl sites for hydroxylation is 2. The number of nitrogens with one attached hydrogen (secondary N) is 1. The van der Waals surface area contributed by atoms with E-state index in [2.05, 4.69) is 4.72 Å². The molecule has 0 aromatic heterocycles. The first kappa shape index (κ1) is 16.5. The second kappa shape index (κ2) is 5.91. The Bertz CT molecular complexity index is 851. The molecule has 0 heterocycles. The predicted octanol–water partition coefficient (Wildman–Crippen LogP) is 2.76. The summed E-state index contributed by atoms with van der Waals surface area (Å²) in [7, 11) is -3.74. The van der Waals surface area contributed by atoms with Crippen LogP contribution < -0.4 is 4.72 Å². The van der Waals surface area contributed by atoms with Crippen LogP contribution in [0.5, 0.6) is 0 Å². The topological polar surface area (TPSA) is 66.4 Å². The predicted molar refractivity (Wildman–Crippen MR) is 90.0 cm³/mol. The van der Waals surface area contributed by atoms with Gasteiger partial charge in [-0.25, -0.2) is 13.1 Å². The number of hydrogen-bond acceptors (Lipinski definition) is 3. The van der Waals surface area contributed by atoms with Crippen LogP contribution in [0.3, 0.4) is 0 Å². The molecule has 23 heavy (non-hydrogen) atoms. The van der Waals surface area contributed by atoms with Crippen molar-refractivity contribution in [3.8, 4) is 0 Å². The van der Waals surface area contributed by atoms with Crippen molar-refractivity contribution in [2.45, 2.75) is 30.3 Å². The van der Waals surface area contributed by atoms with Crippen molar-refractivity contribution in [2.24, 2.45) is 0 Å². The van der Waals surface area contributed by atoms with E-state index < -0.39 is 15.6 Å². The summed E-state index contributed by atoms with van der Waals surface area (Å²) in [6.45, 7) is 1.66. The van der Waals surface area contributed by atoms with E-state index >= 15 is 0 Å². The van der Waals surface area contributed by atoms with Gasteiger partial charge >= 0.3 is 0 Å². The number of halogens is 1. The highest BCUT2D eigenvalue weighted by Gasteiger charge is 2.37. The number of fused-ring (bicyclic) bond motifs is 1. The van der Waals surface area contributed by atoms with Crippen molar-refractivity contribution >= 4 is 21.6 Å². The summed E-state index contributed by atoms with van der Waals surface area (Å²) in [6, 6.07) is 12.3. The molecular weight excluding hydrogens is 334 g/mol. The third-order valence-corrected chi connectivity index (χ3v) is 6.10. The normalized spacial score (nSPS) is 20.5. The van der Waals surface area contributed by atoms with Gasteiger partial charge in [-0.15, -0.1) is 0 Å². The maximum absolute atomic E-state index is 12.5. The lowest BCUT2D eigenvalue weighted by atomic mass is 9.96. The van der Waals surface area contributed by atoms with Gasteiger partial charge in [-0.2, -0.15) is 0 Å². The number of aliphatic hydroxyl groups is 1. The summed E-state index contributed by atoms with van der Waals surface area (Å²) in [6.07, 6.45) is 1.24. The van der Waals surface area contributed by atoms with Gasteiger partial charge in [-0.05, 0) is 48.6 Å². The Balaban J connectivity index is 1.84. The largest absolute Gasteiger partial charge is 0.384 e. The van der Waals surface area contributed by atoms with Crippen molar-refractivity contribution in [1.82, 2.24) is 4.72 Å². The van der Waals surface area contributed by atoms with E-state index in [0.29, 0.717) is 17.0 Å². The lowest BCUT2D eigenvalue weighted by Crippen LogP contribution is -2.39. The molecule has 0 amide bonds. The minimum atomic E-state index is -3.74. The molecule has 1 aliphatic carbocycles. The van der Waals surface area contributed by atoms with Crippen LogP contribution in [-0.4, -0.2) is 20.1 Å². The van der Waals surface area contributed by atoms with Gasteiger partial charge in [-0.1, -0.05) is 41.9 Å². The van der Waals surface area contributed by atoms with Gasteiger partial charge in [0.2, 0.25) is 10.0 Å². The zero-order valence-electron chi connectivity index (χ0n) is 12.7. The van der Waals surface area contributed by atoms with Gasteiger partial charge < -0.3 is 5.11 Å². The van der Waals surface area contributed by atoms with Crippen LogP contribution >= 0.6 is 11.6 Å². The highest BCUT2D eigenvalue weighted by molar-refractivity contribution is 7.89. The van der Waals surface area contributed by atoms with Crippen LogP contribution in [0.15, 0.2) is 47.4 Å². The lowest BCUT2D eigenvalue weighted by Gasteiger charge is -2.24. The molecule has 0 spiro atoms. The summed E-state index contributed by atoms with van der Waals surface area (Å²) in [5, 5.41) is 11.2. The molecule has 0 saturated carbocycles. The lowest BCUT2D eigenvalue weighted by molar-refractivity contribution is 0.0442. The Morgan fingerprint density at radius 2 is 2.00 bits per heavy atom. The summed E-state index contributed by atoms with van der Waals surface area (Å²) in [5.74, 6) is 0. The van der Waals surface area contributed by atoms with Crippen molar-refractivity contribution in [2.75, 3.05) is 6.54 Å². The quantitative estimate of drug-likeness (QED) is 0.890. The zero-order chi connectivity index (χ0) is 16.7. The van der Waals surface area contributed by atoms with Crippen molar-refractivity contribution < 1.29 is 13.5 Å². The standard InChI is InChI=1S/C17H18ClNO3S/c1-12-6-7-14(18)10-16(12)23(21,22)19-11-17(20)9-8-13-4-2-3-5-15(13)17/h2-7,10,19-20H,8-9,11H2,1H3. The van der Waals surface area contributed by atoms with Crippen LogP contribution in [0.4, 0.5) is 0 Å². The number of rotatable bonds is 4. The van der Waals surface area contributed by atoms with Gasteiger partial charge in [-0.3, -0.25) is 0 Å². The van der Waals surface area contributed by atoms with E-state index in [4.69, 9.17) is 11.6 Å². The van der Waals surface area contributed by atoms with Gasteiger partial charge in [0.15, 0.2) is 0 Å². The van der Waals surface area contributed by atoms with E-state index in [9.17, 15) is 13.5 Å². The van der Waals surface area contributed by atoms with Crippen LogP contribution in [-0.2, 0) is 22.0 Å². The molecule has 2 N–H and O–H groups in total. The summed E-state index contributed by atoms with van der Waals surface area (Å²) < 4.78 is 27.6. The van der Waals surface area contributed by atoms with E-state index in [0.717, 1.165) is 17.5 Å². The Hall–Kier alpha value is -1.40. The van der Waals surface area contributed by atoms with Gasteiger partial charge in [0.25, 0.3) is 0 Å². The highest BCUT2D eigenvalue weighted by atomic mass is 35.5. The fourth-order valence-corrected chi connectivity index (χ4v) is 4.60. The molecule has 1 unspecified atom stereocenters. The highest BCUT2D eigenvalue weighted by Crippen LogP contribution is 2.36. The van der Waals surface area contributed by atoms with Gasteiger partial charge in [0, 0.05) is 11.6 Å². The van der Waals surface area contributed by atoms with Gasteiger partial charge in [0.1, 0.15) is 5.60 Å². The van der Waals surface area contributed by atoms with Crippen LogP contribution in [0.1, 0.15) is 23.1 Å². The smallest absolute Gasteiger partial charge is 0.240 e. The van der Waals surface area contributed by atoms with Crippen molar-refractivity contribution in [3.05, 3.63) is 64.2 Å². The molecule has 0 fully saturated rings. The minimum Gasteiger partial charge on any atom is -0.384 e. The SMILES string of the molecule is Cc1ccc(Cl)cc1S(=O)(=O)NCC1(O)CCc2ccccc21. The molecule has 0 saturated heterocycles. The molecule has 0 radical (unpaired) electrons. The first-order valence-electron chi connectivity index (χ1n) is 7.38. The fraction of sp³-hybridized carbons (Fsp3) is 0.294. The first-order chi connectivity index (χ1) is 10.8.